The minimum atomic E-state index is -5.04. The normalized spacial score (nSPS) is 16.8. The summed E-state index contributed by atoms with van der Waals surface area (Å²) in [4.78, 5) is 10.5. The van der Waals surface area contributed by atoms with Gasteiger partial charge in [0.05, 0.1) is 5.56 Å². The summed E-state index contributed by atoms with van der Waals surface area (Å²) in [5.74, 6) is -4.45. The fraction of sp³-hybridized carbons (Fsp3) is 0.500. The lowest BCUT2D eigenvalue weighted by Crippen LogP contribution is -2.50. The SMILES string of the molecule is CC(C)NC(=O)C1(NS(=O)(=O)c2c(F)cc(C(F)(F)F)cc2F)CC1. The molecule has 1 amide bonds. The van der Waals surface area contributed by atoms with Crippen LogP contribution in [0.15, 0.2) is 17.0 Å². The van der Waals surface area contributed by atoms with Gasteiger partial charge in [-0.05, 0) is 38.8 Å². The fourth-order valence-electron chi connectivity index (χ4n) is 2.19. The molecule has 0 heterocycles. The molecule has 0 atom stereocenters. The second-order valence-electron chi connectivity index (χ2n) is 6.08. The van der Waals surface area contributed by atoms with Crippen LogP contribution in [-0.2, 0) is 21.0 Å². The molecule has 0 unspecified atom stereocenters. The van der Waals surface area contributed by atoms with Crippen molar-refractivity contribution < 1.29 is 35.2 Å². The Morgan fingerprint density at radius 2 is 1.64 bits per heavy atom. The number of hydrogen-bond donors (Lipinski definition) is 2. The maximum Gasteiger partial charge on any atom is 0.416 e. The second-order valence-corrected chi connectivity index (χ2v) is 7.70. The van der Waals surface area contributed by atoms with Crippen LogP contribution in [0.2, 0.25) is 0 Å². The van der Waals surface area contributed by atoms with Crippen LogP contribution < -0.4 is 10.0 Å². The van der Waals surface area contributed by atoms with Crippen molar-refractivity contribution in [3.05, 3.63) is 29.3 Å². The predicted molar refractivity (Wildman–Crippen MR) is 76.9 cm³/mol. The topological polar surface area (TPSA) is 75.3 Å². The van der Waals surface area contributed by atoms with Crippen molar-refractivity contribution in [3.8, 4) is 0 Å². The Bertz CT molecular complexity index is 778. The Labute approximate surface area is 140 Å². The molecule has 5 nitrogen and oxygen atoms in total. The zero-order valence-electron chi connectivity index (χ0n) is 13.2. The van der Waals surface area contributed by atoms with E-state index in [4.69, 9.17) is 0 Å². The highest BCUT2D eigenvalue weighted by Gasteiger charge is 2.53. The van der Waals surface area contributed by atoms with E-state index in [2.05, 4.69) is 5.32 Å². The van der Waals surface area contributed by atoms with Crippen LogP contribution in [-0.4, -0.2) is 25.9 Å². The monoisotopic (exact) mass is 386 g/mol. The van der Waals surface area contributed by atoms with Crippen molar-refractivity contribution in [1.82, 2.24) is 10.0 Å². The molecule has 1 aromatic carbocycles. The van der Waals surface area contributed by atoms with Gasteiger partial charge in [0.2, 0.25) is 15.9 Å². The Balaban J connectivity index is 2.37. The lowest BCUT2D eigenvalue weighted by molar-refractivity contribution is -0.138. The highest BCUT2D eigenvalue weighted by atomic mass is 32.2. The first kappa shape index (κ1) is 19.6. The highest BCUT2D eigenvalue weighted by molar-refractivity contribution is 7.89. The largest absolute Gasteiger partial charge is 0.416 e. The zero-order chi connectivity index (χ0) is 19.2. The number of alkyl halides is 3. The molecule has 1 saturated carbocycles. The van der Waals surface area contributed by atoms with Gasteiger partial charge in [0.1, 0.15) is 17.2 Å². The second kappa shape index (κ2) is 6.20. The van der Waals surface area contributed by atoms with Gasteiger partial charge < -0.3 is 5.32 Å². The smallest absolute Gasteiger partial charge is 0.352 e. The third kappa shape index (κ3) is 4.09. The van der Waals surface area contributed by atoms with E-state index in [1.807, 2.05) is 4.72 Å². The average molecular weight is 386 g/mol. The van der Waals surface area contributed by atoms with E-state index in [0.29, 0.717) is 0 Å². The molecular weight excluding hydrogens is 371 g/mol. The molecule has 0 radical (unpaired) electrons. The first-order valence-corrected chi connectivity index (χ1v) is 8.68. The number of amides is 1. The summed E-state index contributed by atoms with van der Waals surface area (Å²) in [6, 6.07) is -0.509. The maximum absolute atomic E-state index is 13.9. The number of sulfonamides is 1. The van der Waals surface area contributed by atoms with Gasteiger partial charge in [-0.1, -0.05) is 0 Å². The number of halogens is 5. The summed E-state index contributed by atoms with van der Waals surface area (Å²) < 4.78 is 91.7. The first-order valence-electron chi connectivity index (χ1n) is 7.20. The first-order chi connectivity index (χ1) is 11.3. The van der Waals surface area contributed by atoms with Gasteiger partial charge in [0, 0.05) is 6.04 Å². The number of carbonyl (C=O) groups is 1. The van der Waals surface area contributed by atoms with Gasteiger partial charge in [-0.3, -0.25) is 4.79 Å². The average Bonchev–Trinajstić information content (AvgIpc) is 3.15. The summed E-state index contributed by atoms with van der Waals surface area (Å²) in [6.07, 6.45) is -4.82. The fourth-order valence-corrected chi connectivity index (χ4v) is 3.73. The summed E-state index contributed by atoms with van der Waals surface area (Å²) in [7, 11) is -4.89. The summed E-state index contributed by atoms with van der Waals surface area (Å²) >= 11 is 0. The zero-order valence-corrected chi connectivity index (χ0v) is 14.0. The molecule has 11 heteroatoms. The Kier molecular flexibility index (Phi) is 4.86. The summed E-state index contributed by atoms with van der Waals surface area (Å²) in [5, 5.41) is 2.48. The molecule has 25 heavy (non-hydrogen) atoms. The molecule has 2 rings (SSSR count). The molecule has 0 saturated heterocycles. The van der Waals surface area contributed by atoms with E-state index in [1.54, 1.807) is 13.8 Å². The molecule has 2 N–H and O–H groups in total. The third-order valence-electron chi connectivity index (χ3n) is 3.53. The number of carbonyl (C=O) groups excluding carboxylic acids is 1. The van der Waals surface area contributed by atoms with Gasteiger partial charge in [-0.25, -0.2) is 17.2 Å². The quantitative estimate of drug-likeness (QED) is 0.763. The summed E-state index contributed by atoms with van der Waals surface area (Å²) in [6.45, 7) is 3.27. The van der Waals surface area contributed by atoms with Gasteiger partial charge >= 0.3 is 6.18 Å². The maximum atomic E-state index is 13.9. The van der Waals surface area contributed by atoms with Crippen LogP contribution in [0.1, 0.15) is 32.3 Å². The molecule has 0 aliphatic heterocycles. The van der Waals surface area contributed by atoms with Gasteiger partial charge in [-0.15, -0.1) is 0 Å². The summed E-state index contributed by atoms with van der Waals surface area (Å²) in [5.41, 5.74) is -3.20. The van der Waals surface area contributed by atoms with Crippen molar-refractivity contribution >= 4 is 15.9 Å². The van der Waals surface area contributed by atoms with E-state index in [0.717, 1.165) is 0 Å². The van der Waals surface area contributed by atoms with Crippen molar-refractivity contribution in [1.29, 1.82) is 0 Å². The predicted octanol–water partition coefficient (Wildman–Crippen LogP) is 2.32. The third-order valence-corrected chi connectivity index (χ3v) is 5.12. The van der Waals surface area contributed by atoms with Crippen LogP contribution in [0.25, 0.3) is 0 Å². The van der Waals surface area contributed by atoms with E-state index >= 15 is 0 Å². The van der Waals surface area contributed by atoms with Crippen LogP contribution in [0.5, 0.6) is 0 Å². The van der Waals surface area contributed by atoms with Gasteiger partial charge in [0.25, 0.3) is 0 Å². The van der Waals surface area contributed by atoms with Crippen molar-refractivity contribution in [2.75, 3.05) is 0 Å². The van der Waals surface area contributed by atoms with Gasteiger partial charge in [0.15, 0.2) is 4.90 Å². The van der Waals surface area contributed by atoms with Crippen molar-refractivity contribution in [2.24, 2.45) is 0 Å². The van der Waals surface area contributed by atoms with Crippen LogP contribution in [0.3, 0.4) is 0 Å². The number of benzene rings is 1. The number of rotatable bonds is 5. The Hall–Kier alpha value is -1.75. The number of hydrogen-bond acceptors (Lipinski definition) is 3. The molecule has 1 aliphatic rings. The van der Waals surface area contributed by atoms with Gasteiger partial charge in [-0.2, -0.15) is 17.9 Å². The van der Waals surface area contributed by atoms with Crippen LogP contribution >= 0.6 is 0 Å². The molecule has 140 valence electrons. The molecule has 0 spiro atoms. The van der Waals surface area contributed by atoms with Crippen LogP contribution in [0.4, 0.5) is 22.0 Å². The van der Waals surface area contributed by atoms with Crippen molar-refractivity contribution in [3.63, 3.8) is 0 Å². The van der Waals surface area contributed by atoms with E-state index in [-0.39, 0.29) is 31.0 Å². The van der Waals surface area contributed by atoms with E-state index in [9.17, 15) is 35.2 Å². The lowest BCUT2D eigenvalue weighted by Gasteiger charge is -2.19. The molecule has 1 aliphatic carbocycles. The molecule has 0 aromatic heterocycles. The van der Waals surface area contributed by atoms with Crippen LogP contribution in [0, 0.1) is 11.6 Å². The molecule has 0 bridgehead atoms. The lowest BCUT2D eigenvalue weighted by atomic mass is 10.2. The molecule has 1 aromatic rings. The van der Waals surface area contributed by atoms with Crippen molar-refractivity contribution in [2.45, 2.75) is 49.3 Å². The van der Waals surface area contributed by atoms with E-state index in [1.165, 1.54) is 0 Å². The molecular formula is C14H15F5N2O3S. The standard InChI is InChI=1S/C14H15F5N2O3S/c1-7(2)20-12(22)13(3-4-13)21-25(23,24)11-9(15)5-8(6-10(11)16)14(17,18)19/h5-7,21H,3-4H2,1-2H3,(H,20,22). The number of nitrogens with one attached hydrogen (secondary N) is 2. The van der Waals surface area contributed by atoms with E-state index < -0.39 is 49.7 Å². The Morgan fingerprint density at radius 1 is 1.16 bits per heavy atom. The highest BCUT2D eigenvalue weighted by Crippen LogP contribution is 2.38. The minimum absolute atomic E-state index is 0.106. The molecule has 1 fully saturated rings. The Morgan fingerprint density at radius 3 is 2.00 bits per heavy atom. The minimum Gasteiger partial charge on any atom is -0.352 e.